The minimum Gasteiger partial charge on any atom is -0.351 e. The van der Waals surface area contributed by atoms with E-state index in [1.165, 1.54) is 6.42 Å². The SMILES string of the molecule is CC1CC1CNCC(=O)NC(N)=O. The molecule has 13 heavy (non-hydrogen) atoms. The second-order valence-electron chi connectivity index (χ2n) is 3.52. The fourth-order valence-electron chi connectivity index (χ4n) is 1.24. The van der Waals surface area contributed by atoms with Crippen molar-refractivity contribution in [2.24, 2.45) is 17.6 Å². The van der Waals surface area contributed by atoms with Crippen LogP contribution in [0.1, 0.15) is 13.3 Å². The molecule has 0 aromatic rings. The third-order valence-electron chi connectivity index (χ3n) is 2.23. The van der Waals surface area contributed by atoms with E-state index in [4.69, 9.17) is 5.73 Å². The van der Waals surface area contributed by atoms with Gasteiger partial charge in [-0.05, 0) is 24.8 Å². The predicted molar refractivity (Wildman–Crippen MR) is 47.9 cm³/mol. The summed E-state index contributed by atoms with van der Waals surface area (Å²) in [4.78, 5) is 21.1. The van der Waals surface area contributed by atoms with Gasteiger partial charge in [-0.3, -0.25) is 10.1 Å². The fourth-order valence-corrected chi connectivity index (χ4v) is 1.24. The van der Waals surface area contributed by atoms with Crippen molar-refractivity contribution in [3.05, 3.63) is 0 Å². The molecule has 0 spiro atoms. The zero-order valence-electron chi connectivity index (χ0n) is 7.67. The Morgan fingerprint density at radius 3 is 2.62 bits per heavy atom. The summed E-state index contributed by atoms with van der Waals surface area (Å²) in [6.07, 6.45) is 1.23. The summed E-state index contributed by atoms with van der Waals surface area (Å²) >= 11 is 0. The highest BCUT2D eigenvalue weighted by atomic mass is 16.2. The van der Waals surface area contributed by atoms with Gasteiger partial charge in [0.05, 0.1) is 6.54 Å². The van der Waals surface area contributed by atoms with Crippen LogP contribution >= 0.6 is 0 Å². The maximum absolute atomic E-state index is 10.9. The number of carbonyl (C=O) groups excluding carboxylic acids is 2. The number of amides is 3. The number of urea groups is 1. The fraction of sp³-hybridized carbons (Fsp3) is 0.750. The first kappa shape index (κ1) is 9.98. The molecule has 1 saturated carbocycles. The average Bonchev–Trinajstić information content (AvgIpc) is 2.64. The summed E-state index contributed by atoms with van der Waals surface area (Å²) in [6, 6.07) is -0.799. The molecule has 74 valence electrons. The van der Waals surface area contributed by atoms with Gasteiger partial charge in [0.15, 0.2) is 0 Å². The van der Waals surface area contributed by atoms with Crippen molar-refractivity contribution in [1.82, 2.24) is 10.6 Å². The molecule has 5 heteroatoms. The van der Waals surface area contributed by atoms with Gasteiger partial charge in [-0.1, -0.05) is 6.92 Å². The average molecular weight is 185 g/mol. The number of nitrogens with one attached hydrogen (secondary N) is 2. The lowest BCUT2D eigenvalue weighted by molar-refractivity contribution is -0.119. The summed E-state index contributed by atoms with van der Waals surface area (Å²) in [7, 11) is 0. The molecule has 4 N–H and O–H groups in total. The number of imide groups is 1. The van der Waals surface area contributed by atoms with Gasteiger partial charge in [0, 0.05) is 0 Å². The van der Waals surface area contributed by atoms with Gasteiger partial charge in [-0.2, -0.15) is 0 Å². The maximum atomic E-state index is 10.9. The number of carbonyl (C=O) groups is 2. The first-order valence-corrected chi connectivity index (χ1v) is 4.39. The summed E-state index contributed by atoms with van der Waals surface area (Å²) in [6.45, 7) is 3.18. The van der Waals surface area contributed by atoms with Crippen molar-refractivity contribution < 1.29 is 9.59 Å². The number of nitrogens with two attached hydrogens (primary N) is 1. The molecule has 2 atom stereocenters. The van der Waals surface area contributed by atoms with Crippen LogP contribution in [-0.4, -0.2) is 25.0 Å². The Labute approximate surface area is 77.1 Å². The number of hydrogen-bond donors (Lipinski definition) is 3. The first-order valence-electron chi connectivity index (χ1n) is 4.39. The smallest absolute Gasteiger partial charge is 0.318 e. The molecule has 0 aromatic heterocycles. The predicted octanol–water partition coefficient (Wildman–Crippen LogP) is -0.573. The highest BCUT2D eigenvalue weighted by Gasteiger charge is 2.31. The van der Waals surface area contributed by atoms with Crippen molar-refractivity contribution in [2.75, 3.05) is 13.1 Å². The van der Waals surface area contributed by atoms with E-state index >= 15 is 0 Å². The van der Waals surface area contributed by atoms with Gasteiger partial charge >= 0.3 is 6.03 Å². The Morgan fingerprint density at radius 1 is 1.54 bits per heavy atom. The highest BCUT2D eigenvalue weighted by Crippen LogP contribution is 2.36. The van der Waals surface area contributed by atoms with Crippen molar-refractivity contribution in [2.45, 2.75) is 13.3 Å². The van der Waals surface area contributed by atoms with E-state index in [0.29, 0.717) is 5.92 Å². The van der Waals surface area contributed by atoms with Gasteiger partial charge in [0.1, 0.15) is 0 Å². The highest BCUT2D eigenvalue weighted by molar-refractivity contribution is 5.94. The molecular weight excluding hydrogens is 170 g/mol. The maximum Gasteiger partial charge on any atom is 0.318 e. The molecule has 0 aliphatic heterocycles. The van der Waals surface area contributed by atoms with E-state index in [0.717, 1.165) is 12.5 Å². The Kier molecular flexibility index (Phi) is 3.25. The van der Waals surface area contributed by atoms with Gasteiger partial charge < -0.3 is 11.1 Å². The van der Waals surface area contributed by atoms with Crippen LogP contribution in [0.4, 0.5) is 4.79 Å². The monoisotopic (exact) mass is 185 g/mol. The molecule has 1 aliphatic rings. The lowest BCUT2D eigenvalue weighted by Crippen LogP contribution is -2.41. The lowest BCUT2D eigenvalue weighted by atomic mass is 10.3. The molecule has 0 heterocycles. The van der Waals surface area contributed by atoms with Crippen molar-refractivity contribution in [3.63, 3.8) is 0 Å². The molecule has 0 radical (unpaired) electrons. The standard InChI is InChI=1S/C8H15N3O2/c1-5-2-6(5)3-10-4-7(12)11-8(9)13/h5-6,10H,2-4H2,1H3,(H3,9,11,12,13). The molecular formula is C8H15N3O2. The molecule has 0 saturated heterocycles. The third-order valence-corrected chi connectivity index (χ3v) is 2.23. The quantitative estimate of drug-likeness (QED) is 0.548. The van der Waals surface area contributed by atoms with Crippen LogP contribution in [0.5, 0.6) is 0 Å². The second-order valence-corrected chi connectivity index (χ2v) is 3.52. The Bertz CT molecular complexity index is 217. The largest absolute Gasteiger partial charge is 0.351 e. The molecule has 3 amide bonds. The van der Waals surface area contributed by atoms with Gasteiger partial charge in [0.25, 0.3) is 0 Å². The van der Waals surface area contributed by atoms with Crippen molar-refractivity contribution in [1.29, 1.82) is 0 Å². The minimum atomic E-state index is -0.799. The van der Waals surface area contributed by atoms with E-state index < -0.39 is 6.03 Å². The summed E-state index contributed by atoms with van der Waals surface area (Å²) < 4.78 is 0. The van der Waals surface area contributed by atoms with Crippen LogP contribution in [0, 0.1) is 11.8 Å². The molecule has 0 aromatic carbocycles. The van der Waals surface area contributed by atoms with E-state index in [1.54, 1.807) is 0 Å². The first-order chi connectivity index (χ1) is 6.09. The van der Waals surface area contributed by atoms with E-state index in [9.17, 15) is 9.59 Å². The van der Waals surface area contributed by atoms with Crippen LogP contribution in [0.15, 0.2) is 0 Å². The van der Waals surface area contributed by atoms with Crippen LogP contribution in [0.2, 0.25) is 0 Å². The van der Waals surface area contributed by atoms with E-state index in [2.05, 4.69) is 12.2 Å². The summed E-state index contributed by atoms with van der Waals surface area (Å²) in [5.41, 5.74) is 4.76. The minimum absolute atomic E-state index is 0.159. The zero-order valence-corrected chi connectivity index (χ0v) is 7.67. The topological polar surface area (TPSA) is 84.2 Å². The number of rotatable bonds is 4. The molecule has 5 nitrogen and oxygen atoms in total. The van der Waals surface area contributed by atoms with Crippen molar-refractivity contribution >= 4 is 11.9 Å². The Morgan fingerprint density at radius 2 is 2.15 bits per heavy atom. The van der Waals surface area contributed by atoms with Crippen LogP contribution in [-0.2, 0) is 4.79 Å². The molecule has 2 unspecified atom stereocenters. The van der Waals surface area contributed by atoms with Crippen LogP contribution in [0.25, 0.3) is 0 Å². The van der Waals surface area contributed by atoms with Gasteiger partial charge in [-0.25, -0.2) is 4.79 Å². The molecule has 1 aliphatic carbocycles. The van der Waals surface area contributed by atoms with Crippen LogP contribution in [0.3, 0.4) is 0 Å². The van der Waals surface area contributed by atoms with Gasteiger partial charge in [-0.15, -0.1) is 0 Å². The van der Waals surface area contributed by atoms with Crippen LogP contribution < -0.4 is 16.4 Å². The Balaban J connectivity index is 1.99. The molecule has 1 rings (SSSR count). The van der Waals surface area contributed by atoms with E-state index in [1.807, 2.05) is 5.32 Å². The molecule has 0 bridgehead atoms. The number of hydrogen-bond acceptors (Lipinski definition) is 3. The normalized spacial score (nSPS) is 25.3. The third kappa shape index (κ3) is 3.89. The molecule has 1 fully saturated rings. The van der Waals surface area contributed by atoms with Gasteiger partial charge in [0.2, 0.25) is 5.91 Å². The zero-order chi connectivity index (χ0) is 9.84. The Hall–Kier alpha value is -1.10. The summed E-state index contributed by atoms with van der Waals surface area (Å²) in [5.74, 6) is 1.09. The van der Waals surface area contributed by atoms with E-state index in [-0.39, 0.29) is 12.5 Å². The number of primary amides is 1. The second kappa shape index (κ2) is 4.23. The summed E-state index contributed by atoms with van der Waals surface area (Å²) in [5, 5.41) is 4.95. The lowest BCUT2D eigenvalue weighted by Gasteiger charge is -2.02. The van der Waals surface area contributed by atoms with Crippen molar-refractivity contribution in [3.8, 4) is 0 Å².